The molecular formula is C17H19N3O. The minimum absolute atomic E-state index is 0.645. The molecule has 2 N–H and O–H groups in total. The Morgan fingerprint density at radius 2 is 2.00 bits per heavy atom. The van der Waals surface area contributed by atoms with E-state index in [-0.39, 0.29) is 0 Å². The first-order valence-corrected chi connectivity index (χ1v) is 7.08. The van der Waals surface area contributed by atoms with Crippen LogP contribution in [0.1, 0.15) is 11.3 Å². The number of ether oxygens (including phenoxy) is 1. The second-order valence-electron chi connectivity index (χ2n) is 5.01. The van der Waals surface area contributed by atoms with Gasteiger partial charge in [-0.25, -0.2) is 4.98 Å². The number of nitrogens with zero attached hydrogens (tertiary/aromatic N) is 2. The van der Waals surface area contributed by atoms with Crippen molar-refractivity contribution in [1.82, 2.24) is 9.55 Å². The van der Waals surface area contributed by atoms with Crippen molar-refractivity contribution in [1.29, 1.82) is 0 Å². The number of rotatable bonds is 5. The van der Waals surface area contributed by atoms with Crippen LogP contribution in [0, 0.1) is 0 Å². The summed E-state index contributed by atoms with van der Waals surface area (Å²) in [7, 11) is 1.64. The molecule has 21 heavy (non-hydrogen) atoms. The summed E-state index contributed by atoms with van der Waals surface area (Å²) in [5.74, 6) is 0.645. The zero-order valence-electron chi connectivity index (χ0n) is 12.1. The van der Waals surface area contributed by atoms with E-state index in [1.165, 1.54) is 16.5 Å². The van der Waals surface area contributed by atoms with Gasteiger partial charge in [0, 0.05) is 12.3 Å². The van der Waals surface area contributed by atoms with Gasteiger partial charge in [0.25, 0.3) is 0 Å². The van der Waals surface area contributed by atoms with Crippen LogP contribution >= 0.6 is 0 Å². The molecular weight excluding hydrogens is 262 g/mol. The number of pyridine rings is 1. The molecule has 0 aliphatic rings. The number of hydrogen-bond donors (Lipinski definition) is 1. The first kappa shape index (κ1) is 13.6. The van der Waals surface area contributed by atoms with Crippen LogP contribution in [0.2, 0.25) is 0 Å². The van der Waals surface area contributed by atoms with Gasteiger partial charge in [-0.05, 0) is 36.0 Å². The molecule has 0 saturated heterocycles. The molecule has 0 unspecified atom stereocenters. The highest BCUT2D eigenvalue weighted by atomic mass is 16.5. The van der Waals surface area contributed by atoms with Crippen molar-refractivity contribution >= 4 is 10.9 Å². The number of aromatic nitrogens is 2. The second kappa shape index (κ2) is 5.97. The zero-order chi connectivity index (χ0) is 14.7. The first-order chi connectivity index (χ1) is 10.3. The van der Waals surface area contributed by atoms with Gasteiger partial charge in [0.05, 0.1) is 24.9 Å². The van der Waals surface area contributed by atoms with Crippen molar-refractivity contribution < 1.29 is 4.74 Å². The van der Waals surface area contributed by atoms with Crippen molar-refractivity contribution in [3.05, 3.63) is 59.9 Å². The SMILES string of the molecule is COc1cccc(Cn2ccc3cccc(CCN)c32)n1. The Kier molecular flexibility index (Phi) is 3.88. The molecule has 1 aromatic carbocycles. The van der Waals surface area contributed by atoms with Crippen molar-refractivity contribution in [2.45, 2.75) is 13.0 Å². The third kappa shape index (κ3) is 2.76. The average Bonchev–Trinajstić information content (AvgIpc) is 2.92. The van der Waals surface area contributed by atoms with Gasteiger partial charge in [0.1, 0.15) is 0 Å². The van der Waals surface area contributed by atoms with Gasteiger partial charge in [-0.1, -0.05) is 24.3 Å². The topological polar surface area (TPSA) is 53.1 Å². The summed E-state index contributed by atoms with van der Waals surface area (Å²) in [6.07, 6.45) is 2.98. The van der Waals surface area contributed by atoms with Crippen LogP contribution in [-0.4, -0.2) is 23.2 Å². The molecule has 0 atom stereocenters. The van der Waals surface area contributed by atoms with Crippen LogP contribution in [0.4, 0.5) is 0 Å². The molecule has 0 saturated carbocycles. The van der Waals surface area contributed by atoms with Crippen LogP contribution in [0.15, 0.2) is 48.7 Å². The number of nitrogens with two attached hydrogens (primary N) is 1. The fraction of sp³-hybridized carbons (Fsp3) is 0.235. The predicted octanol–water partition coefficient (Wildman–Crippen LogP) is 2.59. The van der Waals surface area contributed by atoms with Crippen LogP contribution < -0.4 is 10.5 Å². The van der Waals surface area contributed by atoms with E-state index in [9.17, 15) is 0 Å². The standard InChI is InChI=1S/C17H19N3O/c1-21-16-7-3-6-15(19-16)12-20-11-9-14-5-2-4-13(8-10-18)17(14)20/h2-7,9,11H,8,10,12,18H2,1H3. The quantitative estimate of drug-likeness (QED) is 0.782. The molecule has 108 valence electrons. The van der Waals surface area contributed by atoms with Gasteiger partial charge in [0.2, 0.25) is 5.88 Å². The maximum atomic E-state index is 5.72. The lowest BCUT2D eigenvalue weighted by Gasteiger charge is -2.10. The number of hydrogen-bond acceptors (Lipinski definition) is 3. The molecule has 0 aliphatic heterocycles. The molecule has 2 heterocycles. The lowest BCUT2D eigenvalue weighted by molar-refractivity contribution is 0.396. The van der Waals surface area contributed by atoms with E-state index >= 15 is 0 Å². The Balaban J connectivity index is 2.00. The van der Waals surface area contributed by atoms with Crippen LogP contribution in [0.3, 0.4) is 0 Å². The van der Waals surface area contributed by atoms with E-state index in [0.29, 0.717) is 12.4 Å². The third-order valence-electron chi connectivity index (χ3n) is 3.61. The molecule has 3 aromatic rings. The molecule has 3 rings (SSSR count). The molecule has 4 nitrogen and oxygen atoms in total. The van der Waals surface area contributed by atoms with E-state index in [0.717, 1.165) is 18.7 Å². The molecule has 0 fully saturated rings. The van der Waals surface area contributed by atoms with E-state index < -0.39 is 0 Å². The fourth-order valence-electron chi connectivity index (χ4n) is 2.66. The van der Waals surface area contributed by atoms with Gasteiger partial charge in [-0.2, -0.15) is 0 Å². The number of para-hydroxylation sites is 1. The molecule has 0 aliphatic carbocycles. The van der Waals surface area contributed by atoms with Crippen LogP contribution in [0.25, 0.3) is 10.9 Å². The minimum atomic E-state index is 0.645. The van der Waals surface area contributed by atoms with Crippen molar-refractivity contribution in [2.75, 3.05) is 13.7 Å². The average molecular weight is 281 g/mol. The molecule has 0 spiro atoms. The molecule has 4 heteroatoms. The van der Waals surface area contributed by atoms with E-state index in [1.807, 2.05) is 18.2 Å². The summed E-state index contributed by atoms with van der Waals surface area (Å²) in [5, 5.41) is 1.24. The highest BCUT2D eigenvalue weighted by Gasteiger charge is 2.07. The lowest BCUT2D eigenvalue weighted by atomic mass is 10.1. The molecule has 0 bridgehead atoms. The Bertz CT molecular complexity index is 749. The summed E-state index contributed by atoms with van der Waals surface area (Å²) in [6.45, 7) is 1.38. The Labute approximate surface area is 124 Å². The summed E-state index contributed by atoms with van der Waals surface area (Å²) < 4.78 is 7.41. The third-order valence-corrected chi connectivity index (χ3v) is 3.61. The Hall–Kier alpha value is -2.33. The molecule has 0 amide bonds. The molecule has 0 radical (unpaired) electrons. The van der Waals surface area contributed by atoms with E-state index in [4.69, 9.17) is 10.5 Å². The lowest BCUT2D eigenvalue weighted by Crippen LogP contribution is -2.06. The summed E-state index contributed by atoms with van der Waals surface area (Å²) in [6, 6.07) is 14.3. The fourth-order valence-corrected chi connectivity index (χ4v) is 2.66. The number of benzene rings is 1. The highest BCUT2D eigenvalue weighted by Crippen LogP contribution is 2.22. The number of methoxy groups -OCH3 is 1. The maximum Gasteiger partial charge on any atom is 0.213 e. The summed E-state index contributed by atoms with van der Waals surface area (Å²) in [4.78, 5) is 4.48. The van der Waals surface area contributed by atoms with Gasteiger partial charge >= 0.3 is 0 Å². The highest BCUT2D eigenvalue weighted by molar-refractivity contribution is 5.83. The van der Waals surface area contributed by atoms with Gasteiger partial charge < -0.3 is 15.0 Å². The smallest absolute Gasteiger partial charge is 0.213 e. The van der Waals surface area contributed by atoms with Crippen LogP contribution in [0.5, 0.6) is 5.88 Å². The van der Waals surface area contributed by atoms with Crippen LogP contribution in [-0.2, 0) is 13.0 Å². The Morgan fingerprint density at radius 1 is 1.14 bits per heavy atom. The van der Waals surface area contributed by atoms with Crippen molar-refractivity contribution in [3.63, 3.8) is 0 Å². The minimum Gasteiger partial charge on any atom is -0.481 e. The van der Waals surface area contributed by atoms with Crippen molar-refractivity contribution in [3.8, 4) is 5.88 Å². The summed E-state index contributed by atoms with van der Waals surface area (Å²) in [5.41, 5.74) is 9.23. The monoisotopic (exact) mass is 281 g/mol. The number of fused-ring (bicyclic) bond motifs is 1. The molecule has 2 aromatic heterocycles. The first-order valence-electron chi connectivity index (χ1n) is 7.08. The van der Waals surface area contributed by atoms with Gasteiger partial charge in [0.15, 0.2) is 0 Å². The largest absolute Gasteiger partial charge is 0.481 e. The summed E-state index contributed by atoms with van der Waals surface area (Å²) >= 11 is 0. The predicted molar refractivity (Wildman–Crippen MR) is 84.6 cm³/mol. The van der Waals surface area contributed by atoms with Gasteiger partial charge in [-0.3, -0.25) is 0 Å². The second-order valence-corrected chi connectivity index (χ2v) is 5.01. The normalized spacial score (nSPS) is 11.0. The van der Waals surface area contributed by atoms with E-state index in [1.54, 1.807) is 7.11 Å². The maximum absolute atomic E-state index is 5.72. The van der Waals surface area contributed by atoms with E-state index in [2.05, 4.69) is 40.0 Å². The van der Waals surface area contributed by atoms with Crippen molar-refractivity contribution in [2.24, 2.45) is 5.73 Å². The Morgan fingerprint density at radius 3 is 2.81 bits per heavy atom. The zero-order valence-corrected chi connectivity index (χ0v) is 12.1. The van der Waals surface area contributed by atoms with Gasteiger partial charge in [-0.15, -0.1) is 0 Å².